The Bertz CT molecular complexity index is 720. The van der Waals surface area contributed by atoms with Crippen LogP contribution in [0.25, 0.3) is 16.2 Å². The Morgan fingerprint density at radius 2 is 2.25 bits per heavy atom. The number of thiophene rings is 1. The fraction of sp³-hybridized carbons (Fsp3) is 0.286. The lowest BCUT2D eigenvalue weighted by Gasteiger charge is -2.18. The van der Waals surface area contributed by atoms with E-state index in [1.54, 1.807) is 11.3 Å². The summed E-state index contributed by atoms with van der Waals surface area (Å²) < 4.78 is 1.83. The summed E-state index contributed by atoms with van der Waals surface area (Å²) in [5.74, 6) is 0.935. The zero-order valence-electron chi connectivity index (χ0n) is 11.4. The van der Waals surface area contributed by atoms with Crippen molar-refractivity contribution in [3.05, 3.63) is 35.3 Å². The average molecular weight is 288 g/mol. The number of aryl methyl sites for hydroxylation is 1. The van der Waals surface area contributed by atoms with E-state index in [4.69, 9.17) is 5.11 Å². The van der Waals surface area contributed by atoms with Crippen molar-refractivity contribution >= 4 is 22.8 Å². The summed E-state index contributed by atoms with van der Waals surface area (Å²) in [4.78, 5) is 7.63. The van der Waals surface area contributed by atoms with E-state index >= 15 is 0 Å². The molecule has 3 aromatic heterocycles. The van der Waals surface area contributed by atoms with Crippen molar-refractivity contribution in [3.8, 4) is 10.6 Å². The Labute approximate surface area is 121 Å². The van der Waals surface area contributed by atoms with E-state index in [9.17, 15) is 0 Å². The van der Waals surface area contributed by atoms with Crippen LogP contribution >= 0.6 is 11.3 Å². The van der Waals surface area contributed by atoms with Gasteiger partial charge in [0.1, 0.15) is 11.5 Å². The molecule has 0 aromatic carbocycles. The monoisotopic (exact) mass is 288 g/mol. The number of nitrogens with zero attached hydrogens (tertiary/aromatic N) is 4. The van der Waals surface area contributed by atoms with Crippen LogP contribution in [0, 0.1) is 6.92 Å². The summed E-state index contributed by atoms with van der Waals surface area (Å²) >= 11 is 1.66. The van der Waals surface area contributed by atoms with E-state index in [-0.39, 0.29) is 6.61 Å². The number of rotatable bonds is 4. The van der Waals surface area contributed by atoms with Gasteiger partial charge in [-0.2, -0.15) is 9.61 Å². The van der Waals surface area contributed by atoms with Crippen molar-refractivity contribution in [1.82, 2.24) is 14.6 Å². The molecule has 0 bridgehead atoms. The maximum absolute atomic E-state index is 9.11. The number of aliphatic hydroxyl groups is 1. The Balaban J connectivity index is 2.15. The van der Waals surface area contributed by atoms with E-state index in [1.807, 2.05) is 47.0 Å². The predicted molar refractivity (Wildman–Crippen MR) is 81.4 cm³/mol. The van der Waals surface area contributed by atoms with Gasteiger partial charge in [0.15, 0.2) is 5.65 Å². The fourth-order valence-corrected chi connectivity index (χ4v) is 2.84. The first kappa shape index (κ1) is 13.1. The number of hydrogen-bond donors (Lipinski definition) is 1. The Morgan fingerprint density at radius 3 is 2.95 bits per heavy atom. The summed E-state index contributed by atoms with van der Waals surface area (Å²) in [6.07, 6.45) is 0. The largest absolute Gasteiger partial charge is 0.395 e. The third-order valence-electron chi connectivity index (χ3n) is 3.14. The molecule has 0 unspecified atom stereocenters. The third kappa shape index (κ3) is 2.28. The maximum Gasteiger partial charge on any atom is 0.158 e. The molecule has 1 N–H and O–H groups in total. The molecule has 0 saturated heterocycles. The van der Waals surface area contributed by atoms with Crippen molar-refractivity contribution < 1.29 is 5.11 Å². The van der Waals surface area contributed by atoms with Crippen LogP contribution in [0.5, 0.6) is 0 Å². The molecule has 0 aliphatic heterocycles. The summed E-state index contributed by atoms with van der Waals surface area (Å²) in [5, 5.41) is 15.8. The van der Waals surface area contributed by atoms with Gasteiger partial charge in [-0.05, 0) is 18.4 Å². The van der Waals surface area contributed by atoms with E-state index in [0.717, 1.165) is 27.7 Å². The molecule has 0 aliphatic rings. The lowest BCUT2D eigenvalue weighted by atomic mass is 10.3. The first-order valence-corrected chi connectivity index (χ1v) is 7.30. The molecule has 104 valence electrons. The molecule has 20 heavy (non-hydrogen) atoms. The smallest absolute Gasteiger partial charge is 0.158 e. The molecule has 0 atom stereocenters. The molecule has 0 radical (unpaired) electrons. The Kier molecular flexibility index (Phi) is 3.42. The lowest BCUT2D eigenvalue weighted by Crippen LogP contribution is -2.24. The number of anilines is 1. The minimum Gasteiger partial charge on any atom is -0.395 e. The van der Waals surface area contributed by atoms with Gasteiger partial charge < -0.3 is 10.0 Å². The highest BCUT2D eigenvalue weighted by Crippen LogP contribution is 2.26. The summed E-state index contributed by atoms with van der Waals surface area (Å²) in [6.45, 7) is 2.64. The number of likely N-dealkylation sites (N-methyl/N-ethyl adjacent to an activating group) is 1. The van der Waals surface area contributed by atoms with E-state index in [0.29, 0.717) is 6.54 Å². The fourth-order valence-electron chi connectivity index (χ4n) is 2.16. The van der Waals surface area contributed by atoms with Crippen molar-refractivity contribution in [3.63, 3.8) is 0 Å². The number of fused-ring (bicyclic) bond motifs is 1. The summed E-state index contributed by atoms with van der Waals surface area (Å²) in [7, 11) is 1.94. The highest BCUT2D eigenvalue weighted by Gasteiger charge is 2.12. The van der Waals surface area contributed by atoms with Gasteiger partial charge in [0.25, 0.3) is 0 Å². The normalized spacial score (nSPS) is 11.2. The second-order valence-corrected chi connectivity index (χ2v) is 5.63. The molecule has 0 fully saturated rings. The molecule has 3 aromatic rings. The highest BCUT2D eigenvalue weighted by molar-refractivity contribution is 7.13. The third-order valence-corrected chi connectivity index (χ3v) is 4.03. The van der Waals surface area contributed by atoms with Crippen LogP contribution < -0.4 is 4.90 Å². The maximum atomic E-state index is 9.11. The van der Waals surface area contributed by atoms with Crippen molar-refractivity contribution in [2.45, 2.75) is 6.92 Å². The van der Waals surface area contributed by atoms with Crippen LogP contribution in [-0.2, 0) is 0 Å². The summed E-state index contributed by atoms with van der Waals surface area (Å²) in [5.41, 5.74) is 2.69. The second-order valence-electron chi connectivity index (χ2n) is 4.68. The quantitative estimate of drug-likeness (QED) is 0.799. The Morgan fingerprint density at radius 1 is 1.40 bits per heavy atom. The highest BCUT2D eigenvalue weighted by atomic mass is 32.1. The number of hydrogen-bond acceptors (Lipinski definition) is 5. The predicted octanol–water partition coefficient (Wildman–Crippen LogP) is 2.19. The van der Waals surface area contributed by atoms with Gasteiger partial charge in [0.05, 0.1) is 11.5 Å². The molecule has 3 heterocycles. The van der Waals surface area contributed by atoms with Crippen molar-refractivity contribution in [2.75, 3.05) is 25.1 Å². The van der Waals surface area contributed by atoms with Gasteiger partial charge in [-0.3, -0.25) is 0 Å². The molecule has 6 heteroatoms. The Hall–Kier alpha value is -1.92. The van der Waals surface area contributed by atoms with Crippen molar-refractivity contribution in [2.24, 2.45) is 0 Å². The first-order valence-electron chi connectivity index (χ1n) is 6.42. The molecular weight excluding hydrogens is 272 g/mol. The molecule has 0 saturated carbocycles. The van der Waals surface area contributed by atoms with Crippen LogP contribution in [0.1, 0.15) is 5.69 Å². The van der Waals surface area contributed by atoms with Gasteiger partial charge in [-0.25, -0.2) is 4.98 Å². The SMILES string of the molecule is Cc1cc(N(C)CCO)n2nc(-c3cccs3)cc2n1. The zero-order chi connectivity index (χ0) is 14.1. The summed E-state index contributed by atoms with van der Waals surface area (Å²) in [6, 6.07) is 8.04. The van der Waals surface area contributed by atoms with E-state index in [2.05, 4.69) is 16.1 Å². The first-order chi connectivity index (χ1) is 9.69. The second kappa shape index (κ2) is 5.22. The zero-order valence-corrected chi connectivity index (χ0v) is 12.3. The lowest BCUT2D eigenvalue weighted by molar-refractivity contribution is 0.303. The molecular formula is C14H16N4OS. The van der Waals surface area contributed by atoms with E-state index in [1.165, 1.54) is 0 Å². The van der Waals surface area contributed by atoms with Crippen LogP contribution in [-0.4, -0.2) is 39.9 Å². The van der Waals surface area contributed by atoms with Gasteiger partial charge in [-0.1, -0.05) is 6.07 Å². The van der Waals surface area contributed by atoms with Crippen LogP contribution in [0.4, 0.5) is 5.82 Å². The van der Waals surface area contributed by atoms with Crippen LogP contribution in [0.15, 0.2) is 29.6 Å². The number of aliphatic hydroxyl groups excluding tert-OH is 1. The number of aromatic nitrogens is 3. The standard InChI is InChI=1S/C14H16N4OS/c1-10-8-14(17(2)5-6-19)18-13(15-10)9-11(16-18)12-4-3-7-20-12/h3-4,7-9,19H,5-6H2,1-2H3. The average Bonchev–Trinajstić information content (AvgIpc) is 3.06. The molecule has 5 nitrogen and oxygen atoms in total. The van der Waals surface area contributed by atoms with E-state index < -0.39 is 0 Å². The minimum atomic E-state index is 0.110. The molecule has 3 rings (SSSR count). The van der Waals surface area contributed by atoms with Crippen molar-refractivity contribution in [1.29, 1.82) is 0 Å². The van der Waals surface area contributed by atoms with Gasteiger partial charge in [0, 0.05) is 31.4 Å². The van der Waals surface area contributed by atoms with Crippen LogP contribution in [0.2, 0.25) is 0 Å². The molecule has 0 amide bonds. The molecule has 0 aliphatic carbocycles. The molecule has 0 spiro atoms. The topological polar surface area (TPSA) is 53.7 Å². The van der Waals surface area contributed by atoms with Gasteiger partial charge in [-0.15, -0.1) is 11.3 Å². The van der Waals surface area contributed by atoms with Gasteiger partial charge in [0.2, 0.25) is 0 Å². The minimum absolute atomic E-state index is 0.110. The van der Waals surface area contributed by atoms with Gasteiger partial charge >= 0.3 is 0 Å². The van der Waals surface area contributed by atoms with Crippen LogP contribution in [0.3, 0.4) is 0 Å².